The van der Waals surface area contributed by atoms with Gasteiger partial charge in [0.2, 0.25) is 0 Å². The van der Waals surface area contributed by atoms with Gasteiger partial charge in [-0.25, -0.2) is 0 Å². The fourth-order valence-corrected chi connectivity index (χ4v) is 3.64. The summed E-state index contributed by atoms with van der Waals surface area (Å²) in [6.45, 7) is 4.36. The van der Waals surface area contributed by atoms with E-state index in [1.54, 1.807) is 36.4 Å². The molecule has 1 fully saturated rings. The molecule has 0 saturated carbocycles. The number of Topliss-reactive ketones (excluding diaryl/α,β-unsaturated/α-hetero) is 1. The number of aryl methyl sites for hydroxylation is 1. The lowest BCUT2D eigenvalue weighted by molar-refractivity contribution is -0.140. The molecular weight excluding hydrogens is 398 g/mol. The van der Waals surface area contributed by atoms with E-state index in [1.807, 2.05) is 26.0 Å². The first-order chi connectivity index (χ1) is 14.8. The van der Waals surface area contributed by atoms with Crippen LogP contribution in [0.1, 0.15) is 42.5 Å². The standard InChI is InChI=1S/C24H25NO6/c1-3-31-18-12-10-16(11-13-18)21-20(22(28)17-8-6-15(2)7-9-17)23(29)24(30)25(21)14-4-5-19(26)27/h6-13,21,28H,3-5,14H2,1-2H3,(H,26,27)/t21-/m1/s1. The second-order valence-electron chi connectivity index (χ2n) is 7.36. The van der Waals surface area contributed by atoms with Crippen LogP contribution in [0.4, 0.5) is 0 Å². The largest absolute Gasteiger partial charge is 0.507 e. The molecule has 3 rings (SSSR count). The summed E-state index contributed by atoms with van der Waals surface area (Å²) < 4.78 is 5.46. The molecule has 1 aliphatic rings. The van der Waals surface area contributed by atoms with Gasteiger partial charge < -0.3 is 19.8 Å². The molecule has 2 aromatic carbocycles. The highest BCUT2D eigenvalue weighted by Gasteiger charge is 2.45. The molecule has 0 radical (unpaired) electrons. The average Bonchev–Trinajstić information content (AvgIpc) is 2.99. The lowest BCUT2D eigenvalue weighted by atomic mass is 9.95. The van der Waals surface area contributed by atoms with Crippen LogP contribution in [-0.4, -0.2) is 45.9 Å². The summed E-state index contributed by atoms with van der Waals surface area (Å²) in [5.74, 6) is -2.12. The monoisotopic (exact) mass is 423 g/mol. The number of benzene rings is 2. The predicted octanol–water partition coefficient (Wildman–Crippen LogP) is 3.68. The zero-order chi connectivity index (χ0) is 22.5. The van der Waals surface area contributed by atoms with Crippen molar-refractivity contribution in [2.45, 2.75) is 32.7 Å². The highest BCUT2D eigenvalue weighted by atomic mass is 16.5. The summed E-state index contributed by atoms with van der Waals surface area (Å²) in [5.41, 5.74) is 2.05. The third-order valence-electron chi connectivity index (χ3n) is 5.16. The number of hydrogen-bond acceptors (Lipinski definition) is 5. The summed E-state index contributed by atoms with van der Waals surface area (Å²) in [4.78, 5) is 37.9. The predicted molar refractivity (Wildman–Crippen MR) is 115 cm³/mol. The third-order valence-corrected chi connectivity index (χ3v) is 5.16. The Labute approximate surface area is 180 Å². The van der Waals surface area contributed by atoms with Crippen molar-refractivity contribution >= 4 is 23.4 Å². The summed E-state index contributed by atoms with van der Waals surface area (Å²) in [6.07, 6.45) is 0.0669. The second kappa shape index (κ2) is 9.47. The Bertz CT molecular complexity index is 1010. The highest BCUT2D eigenvalue weighted by Crippen LogP contribution is 2.40. The number of carbonyl (C=O) groups is 3. The van der Waals surface area contributed by atoms with E-state index in [-0.39, 0.29) is 30.7 Å². The highest BCUT2D eigenvalue weighted by molar-refractivity contribution is 6.46. The second-order valence-corrected chi connectivity index (χ2v) is 7.36. The zero-order valence-corrected chi connectivity index (χ0v) is 17.5. The van der Waals surface area contributed by atoms with Crippen LogP contribution in [0.25, 0.3) is 5.76 Å². The number of nitrogens with zero attached hydrogens (tertiary/aromatic N) is 1. The fourth-order valence-electron chi connectivity index (χ4n) is 3.64. The van der Waals surface area contributed by atoms with E-state index in [4.69, 9.17) is 9.84 Å². The Morgan fingerprint density at radius 1 is 1.03 bits per heavy atom. The molecule has 7 nitrogen and oxygen atoms in total. The van der Waals surface area contributed by atoms with Gasteiger partial charge in [0.25, 0.3) is 11.7 Å². The number of carboxylic acids is 1. The Kier molecular flexibility index (Phi) is 6.74. The SMILES string of the molecule is CCOc1ccc([C@@H]2C(=C(O)c3ccc(C)cc3)C(=O)C(=O)N2CCCC(=O)O)cc1. The number of carbonyl (C=O) groups excluding carboxylic acids is 2. The molecule has 31 heavy (non-hydrogen) atoms. The van der Waals surface area contributed by atoms with Gasteiger partial charge in [-0.15, -0.1) is 0 Å². The number of carboxylic acid groups (broad SMARTS) is 1. The first kappa shape index (κ1) is 22.1. The number of aliphatic hydroxyl groups is 1. The number of likely N-dealkylation sites (tertiary alicyclic amines) is 1. The molecule has 1 atom stereocenters. The van der Waals surface area contributed by atoms with E-state index in [9.17, 15) is 19.5 Å². The van der Waals surface area contributed by atoms with Crippen molar-refractivity contribution in [3.63, 3.8) is 0 Å². The topological polar surface area (TPSA) is 104 Å². The van der Waals surface area contributed by atoms with Crippen LogP contribution in [0.15, 0.2) is 54.1 Å². The van der Waals surface area contributed by atoms with Gasteiger partial charge in [-0.05, 0) is 38.0 Å². The maximum Gasteiger partial charge on any atom is 0.303 e. The molecule has 0 unspecified atom stereocenters. The smallest absolute Gasteiger partial charge is 0.303 e. The quantitative estimate of drug-likeness (QED) is 0.381. The summed E-state index contributed by atoms with van der Waals surface area (Å²) in [5, 5.41) is 19.9. The maximum atomic E-state index is 12.9. The van der Waals surface area contributed by atoms with Crippen LogP contribution in [0.3, 0.4) is 0 Å². The van der Waals surface area contributed by atoms with Gasteiger partial charge >= 0.3 is 5.97 Å². The molecule has 2 aromatic rings. The number of ether oxygens (including phenoxy) is 1. The number of aliphatic carboxylic acids is 1. The van der Waals surface area contributed by atoms with Gasteiger partial charge in [0, 0.05) is 18.5 Å². The number of hydrogen-bond donors (Lipinski definition) is 2. The van der Waals surface area contributed by atoms with Crippen molar-refractivity contribution in [3.8, 4) is 5.75 Å². The van der Waals surface area contributed by atoms with Crippen molar-refractivity contribution in [1.29, 1.82) is 0 Å². The first-order valence-electron chi connectivity index (χ1n) is 10.1. The Balaban J connectivity index is 2.06. The van der Waals surface area contributed by atoms with Crippen LogP contribution >= 0.6 is 0 Å². The molecule has 162 valence electrons. The summed E-state index contributed by atoms with van der Waals surface area (Å²) in [6, 6.07) is 13.2. The lowest BCUT2D eigenvalue weighted by Crippen LogP contribution is -2.31. The Hall–Kier alpha value is -3.61. The van der Waals surface area contributed by atoms with Crippen molar-refractivity contribution in [3.05, 3.63) is 70.8 Å². The van der Waals surface area contributed by atoms with E-state index in [2.05, 4.69) is 0 Å². The molecule has 0 bridgehead atoms. The van der Waals surface area contributed by atoms with Crippen LogP contribution in [0.2, 0.25) is 0 Å². The van der Waals surface area contributed by atoms with Crippen molar-refractivity contribution in [2.75, 3.05) is 13.2 Å². The molecule has 0 aliphatic carbocycles. The minimum Gasteiger partial charge on any atom is -0.507 e. The van der Waals surface area contributed by atoms with Gasteiger partial charge in [0.05, 0.1) is 18.2 Å². The molecule has 2 N–H and O–H groups in total. The average molecular weight is 423 g/mol. The van der Waals surface area contributed by atoms with Crippen LogP contribution in [0.5, 0.6) is 5.75 Å². The molecule has 7 heteroatoms. The Morgan fingerprint density at radius 2 is 1.68 bits per heavy atom. The Morgan fingerprint density at radius 3 is 2.26 bits per heavy atom. The van der Waals surface area contributed by atoms with Gasteiger partial charge in [0.15, 0.2) is 0 Å². The summed E-state index contributed by atoms with van der Waals surface area (Å²) >= 11 is 0. The van der Waals surface area contributed by atoms with Crippen molar-refractivity contribution in [1.82, 2.24) is 4.90 Å². The third kappa shape index (κ3) is 4.77. The molecule has 1 aliphatic heterocycles. The van der Waals surface area contributed by atoms with Gasteiger partial charge in [0.1, 0.15) is 11.5 Å². The van der Waals surface area contributed by atoms with E-state index >= 15 is 0 Å². The van der Waals surface area contributed by atoms with E-state index in [1.165, 1.54) is 4.90 Å². The van der Waals surface area contributed by atoms with E-state index in [0.29, 0.717) is 23.5 Å². The number of amides is 1. The number of rotatable bonds is 8. The molecule has 0 spiro atoms. The molecular formula is C24H25NO6. The van der Waals surface area contributed by atoms with Crippen LogP contribution in [-0.2, 0) is 14.4 Å². The fraction of sp³-hybridized carbons (Fsp3) is 0.292. The van der Waals surface area contributed by atoms with Crippen LogP contribution < -0.4 is 4.74 Å². The van der Waals surface area contributed by atoms with Gasteiger partial charge in [-0.1, -0.05) is 42.0 Å². The number of aliphatic hydroxyl groups excluding tert-OH is 1. The zero-order valence-electron chi connectivity index (χ0n) is 17.5. The van der Waals surface area contributed by atoms with E-state index in [0.717, 1.165) is 5.56 Å². The van der Waals surface area contributed by atoms with Gasteiger partial charge in [-0.3, -0.25) is 14.4 Å². The minimum atomic E-state index is -0.978. The first-order valence-corrected chi connectivity index (χ1v) is 10.1. The van der Waals surface area contributed by atoms with Crippen LogP contribution in [0, 0.1) is 6.92 Å². The minimum absolute atomic E-state index is 0.00617. The normalized spacial score (nSPS) is 17.7. The van der Waals surface area contributed by atoms with E-state index < -0.39 is 23.7 Å². The molecule has 1 amide bonds. The number of ketones is 1. The van der Waals surface area contributed by atoms with Gasteiger partial charge in [-0.2, -0.15) is 0 Å². The summed E-state index contributed by atoms with van der Waals surface area (Å²) in [7, 11) is 0. The molecule has 1 saturated heterocycles. The van der Waals surface area contributed by atoms with Crippen molar-refractivity contribution < 1.29 is 29.3 Å². The maximum absolute atomic E-state index is 12.9. The molecule has 0 aromatic heterocycles. The lowest BCUT2D eigenvalue weighted by Gasteiger charge is -2.25. The van der Waals surface area contributed by atoms with Crippen molar-refractivity contribution in [2.24, 2.45) is 0 Å². The molecule has 1 heterocycles.